The molecule has 0 bridgehead atoms. The average Bonchev–Trinajstić information content (AvgIpc) is 2.66. The Kier molecular flexibility index (Phi) is 6.71. The predicted molar refractivity (Wildman–Crippen MR) is 92.5 cm³/mol. The molecule has 2 aromatic carbocycles. The van der Waals surface area contributed by atoms with Crippen molar-refractivity contribution in [1.29, 1.82) is 0 Å². The van der Waals surface area contributed by atoms with E-state index in [1.807, 2.05) is 37.3 Å². The SMILES string of the molecule is CC[C@H](C(=O)OCC(=O)NNC(=O)c1ccccc1)c1ccccc1. The van der Waals surface area contributed by atoms with Crippen molar-refractivity contribution >= 4 is 17.8 Å². The fourth-order valence-corrected chi connectivity index (χ4v) is 2.29. The standard InChI is InChI=1S/C19H20N2O4/c1-2-16(14-9-5-3-6-10-14)19(24)25-13-17(22)20-21-18(23)15-11-7-4-8-12-15/h3-12,16H,2,13H2,1H3,(H,20,22)(H,21,23)/t16-/m0/s1. The molecule has 2 amide bonds. The zero-order valence-electron chi connectivity index (χ0n) is 13.9. The van der Waals surface area contributed by atoms with E-state index in [4.69, 9.17) is 4.74 Å². The first-order valence-corrected chi connectivity index (χ1v) is 7.97. The van der Waals surface area contributed by atoms with Crippen LogP contribution in [0.4, 0.5) is 0 Å². The maximum atomic E-state index is 12.1. The van der Waals surface area contributed by atoms with E-state index in [0.717, 1.165) is 5.56 Å². The molecule has 6 heteroatoms. The van der Waals surface area contributed by atoms with Crippen molar-refractivity contribution < 1.29 is 19.1 Å². The lowest BCUT2D eigenvalue weighted by molar-refractivity contribution is -0.150. The Morgan fingerprint density at radius 1 is 0.920 bits per heavy atom. The Hall–Kier alpha value is -3.15. The Balaban J connectivity index is 1.79. The van der Waals surface area contributed by atoms with Crippen LogP contribution >= 0.6 is 0 Å². The largest absolute Gasteiger partial charge is 0.455 e. The molecule has 2 N–H and O–H groups in total. The van der Waals surface area contributed by atoms with Gasteiger partial charge in [-0.3, -0.25) is 25.2 Å². The lowest BCUT2D eigenvalue weighted by atomic mass is 9.97. The van der Waals surface area contributed by atoms with Gasteiger partial charge in [0.1, 0.15) is 0 Å². The van der Waals surface area contributed by atoms with Gasteiger partial charge in [0.2, 0.25) is 0 Å². The molecule has 25 heavy (non-hydrogen) atoms. The molecule has 0 heterocycles. The summed E-state index contributed by atoms with van der Waals surface area (Å²) in [5, 5.41) is 0. The van der Waals surface area contributed by atoms with Gasteiger partial charge in [-0.1, -0.05) is 55.5 Å². The predicted octanol–water partition coefficient (Wildman–Crippen LogP) is 2.18. The van der Waals surface area contributed by atoms with E-state index in [1.54, 1.807) is 30.3 Å². The molecule has 0 fully saturated rings. The third-order valence-electron chi connectivity index (χ3n) is 3.59. The number of amides is 2. The molecule has 0 spiro atoms. The highest BCUT2D eigenvalue weighted by Crippen LogP contribution is 2.20. The molecule has 130 valence electrons. The van der Waals surface area contributed by atoms with Gasteiger partial charge in [0.05, 0.1) is 5.92 Å². The van der Waals surface area contributed by atoms with Crippen LogP contribution < -0.4 is 10.9 Å². The number of rotatable bonds is 6. The maximum Gasteiger partial charge on any atom is 0.313 e. The molecule has 0 saturated carbocycles. The molecule has 0 aromatic heterocycles. The van der Waals surface area contributed by atoms with Gasteiger partial charge in [0, 0.05) is 5.56 Å². The topological polar surface area (TPSA) is 84.5 Å². The van der Waals surface area contributed by atoms with E-state index in [2.05, 4.69) is 10.9 Å². The number of nitrogens with one attached hydrogen (secondary N) is 2. The zero-order valence-corrected chi connectivity index (χ0v) is 13.9. The Morgan fingerprint density at radius 2 is 1.52 bits per heavy atom. The number of carbonyl (C=O) groups excluding carboxylic acids is 3. The van der Waals surface area contributed by atoms with Gasteiger partial charge in [-0.15, -0.1) is 0 Å². The van der Waals surface area contributed by atoms with Crippen molar-refractivity contribution in [2.45, 2.75) is 19.3 Å². The monoisotopic (exact) mass is 340 g/mol. The summed E-state index contributed by atoms with van der Waals surface area (Å²) >= 11 is 0. The van der Waals surface area contributed by atoms with Crippen LogP contribution in [0.15, 0.2) is 60.7 Å². The van der Waals surface area contributed by atoms with Crippen LogP contribution in [0.3, 0.4) is 0 Å². The van der Waals surface area contributed by atoms with E-state index in [9.17, 15) is 14.4 Å². The van der Waals surface area contributed by atoms with E-state index in [1.165, 1.54) is 0 Å². The highest BCUT2D eigenvalue weighted by Gasteiger charge is 2.21. The first-order valence-electron chi connectivity index (χ1n) is 7.97. The minimum Gasteiger partial charge on any atom is -0.455 e. The summed E-state index contributed by atoms with van der Waals surface area (Å²) in [4.78, 5) is 35.7. The number of benzene rings is 2. The fraction of sp³-hybridized carbons (Fsp3) is 0.211. The second-order valence-electron chi connectivity index (χ2n) is 5.35. The van der Waals surface area contributed by atoms with Crippen LogP contribution in [0, 0.1) is 0 Å². The molecule has 6 nitrogen and oxygen atoms in total. The van der Waals surface area contributed by atoms with Crippen LogP contribution in [0.1, 0.15) is 35.2 Å². The maximum absolute atomic E-state index is 12.1. The molecule has 0 aliphatic rings. The van der Waals surface area contributed by atoms with E-state index < -0.39 is 30.3 Å². The first-order chi connectivity index (χ1) is 12.1. The zero-order chi connectivity index (χ0) is 18.1. The third-order valence-corrected chi connectivity index (χ3v) is 3.59. The average molecular weight is 340 g/mol. The quantitative estimate of drug-likeness (QED) is 0.623. The number of hydrazine groups is 1. The number of hydrogen-bond donors (Lipinski definition) is 2. The van der Waals surface area contributed by atoms with Crippen LogP contribution in [0.25, 0.3) is 0 Å². The van der Waals surface area contributed by atoms with Crippen LogP contribution in [-0.2, 0) is 14.3 Å². The van der Waals surface area contributed by atoms with E-state index in [-0.39, 0.29) is 0 Å². The molecule has 0 unspecified atom stereocenters. The Morgan fingerprint density at radius 3 is 2.12 bits per heavy atom. The summed E-state index contributed by atoms with van der Waals surface area (Å²) in [6.07, 6.45) is 0.565. The van der Waals surface area contributed by atoms with Gasteiger partial charge in [-0.25, -0.2) is 0 Å². The Labute approximate surface area is 146 Å². The Bertz CT molecular complexity index is 717. The fourth-order valence-electron chi connectivity index (χ4n) is 2.29. The first kappa shape index (κ1) is 18.2. The van der Waals surface area contributed by atoms with Gasteiger partial charge in [-0.2, -0.15) is 0 Å². The smallest absolute Gasteiger partial charge is 0.313 e. The lowest BCUT2D eigenvalue weighted by Crippen LogP contribution is -2.43. The molecule has 2 rings (SSSR count). The van der Waals surface area contributed by atoms with Crippen molar-refractivity contribution in [3.63, 3.8) is 0 Å². The van der Waals surface area contributed by atoms with Crippen molar-refractivity contribution in [2.75, 3.05) is 6.61 Å². The highest BCUT2D eigenvalue weighted by atomic mass is 16.5. The third kappa shape index (κ3) is 5.46. The van der Waals surface area contributed by atoms with Crippen LogP contribution in [0.2, 0.25) is 0 Å². The second kappa shape index (κ2) is 9.22. The van der Waals surface area contributed by atoms with Crippen LogP contribution in [0.5, 0.6) is 0 Å². The van der Waals surface area contributed by atoms with Gasteiger partial charge in [0.15, 0.2) is 6.61 Å². The molecule has 2 aromatic rings. The number of hydrogen-bond acceptors (Lipinski definition) is 4. The molecular formula is C19H20N2O4. The number of carbonyl (C=O) groups is 3. The summed E-state index contributed by atoms with van der Waals surface area (Å²) in [5.74, 6) is -1.96. The molecule has 0 radical (unpaired) electrons. The lowest BCUT2D eigenvalue weighted by Gasteiger charge is -2.14. The molecule has 1 atom stereocenters. The van der Waals surface area contributed by atoms with Crippen molar-refractivity contribution in [3.05, 3.63) is 71.8 Å². The number of ether oxygens (including phenoxy) is 1. The van der Waals surface area contributed by atoms with Crippen LogP contribution in [-0.4, -0.2) is 24.4 Å². The van der Waals surface area contributed by atoms with E-state index in [0.29, 0.717) is 12.0 Å². The molecule has 0 saturated heterocycles. The van der Waals surface area contributed by atoms with E-state index >= 15 is 0 Å². The van der Waals surface area contributed by atoms with Crippen molar-refractivity contribution in [1.82, 2.24) is 10.9 Å². The van der Waals surface area contributed by atoms with Gasteiger partial charge in [0.25, 0.3) is 11.8 Å². The molecule has 0 aliphatic heterocycles. The van der Waals surface area contributed by atoms with Gasteiger partial charge < -0.3 is 4.74 Å². The summed E-state index contributed by atoms with van der Waals surface area (Å²) < 4.78 is 5.05. The second-order valence-corrected chi connectivity index (χ2v) is 5.35. The number of esters is 1. The normalized spacial score (nSPS) is 11.2. The highest BCUT2D eigenvalue weighted by molar-refractivity contribution is 5.95. The summed E-state index contributed by atoms with van der Waals surface area (Å²) in [7, 11) is 0. The summed E-state index contributed by atoms with van der Waals surface area (Å²) in [6, 6.07) is 17.7. The van der Waals surface area contributed by atoms with Gasteiger partial charge in [-0.05, 0) is 24.1 Å². The minimum absolute atomic E-state index is 0.412. The minimum atomic E-state index is -0.611. The molecule has 0 aliphatic carbocycles. The van der Waals surface area contributed by atoms with Crippen molar-refractivity contribution in [3.8, 4) is 0 Å². The van der Waals surface area contributed by atoms with Gasteiger partial charge >= 0.3 is 5.97 Å². The summed E-state index contributed by atoms with van der Waals surface area (Å²) in [6.45, 7) is 1.41. The summed E-state index contributed by atoms with van der Waals surface area (Å²) in [5.41, 5.74) is 5.74. The van der Waals surface area contributed by atoms with Crippen molar-refractivity contribution in [2.24, 2.45) is 0 Å². The molecular weight excluding hydrogens is 320 g/mol.